The zero-order valence-corrected chi connectivity index (χ0v) is 8.18. The van der Waals surface area contributed by atoms with Gasteiger partial charge in [0.15, 0.2) is 5.38 Å². The van der Waals surface area contributed by atoms with Crippen LogP contribution in [0.4, 0.5) is 0 Å². The van der Waals surface area contributed by atoms with Gasteiger partial charge in [-0.2, -0.15) is 0 Å². The first kappa shape index (κ1) is 9.28. The Balaban J connectivity index is 2.03. The van der Waals surface area contributed by atoms with Gasteiger partial charge in [-0.05, 0) is 12.8 Å². The molecule has 0 aromatic carbocycles. The standard InChI is InChI=1S/C9H13ClO3/c10-7-6-12-9(13-8(7)11)4-2-1-3-5-9/h7H,1-6H2. The molecule has 2 rings (SSSR count). The van der Waals surface area contributed by atoms with Gasteiger partial charge in [-0.3, -0.25) is 4.79 Å². The molecule has 0 bridgehead atoms. The first-order chi connectivity index (χ1) is 6.22. The van der Waals surface area contributed by atoms with Gasteiger partial charge in [0.05, 0.1) is 6.61 Å². The Labute approximate surface area is 82.3 Å². The monoisotopic (exact) mass is 204 g/mol. The summed E-state index contributed by atoms with van der Waals surface area (Å²) in [6.45, 7) is 0.292. The summed E-state index contributed by atoms with van der Waals surface area (Å²) < 4.78 is 10.7. The maximum absolute atomic E-state index is 11.2. The first-order valence-corrected chi connectivity index (χ1v) is 5.16. The van der Waals surface area contributed by atoms with Gasteiger partial charge in [0, 0.05) is 12.8 Å². The molecule has 1 saturated heterocycles. The van der Waals surface area contributed by atoms with Gasteiger partial charge in [0.25, 0.3) is 0 Å². The molecule has 1 aliphatic carbocycles. The summed E-state index contributed by atoms with van der Waals surface area (Å²) in [6.07, 6.45) is 4.98. The SMILES string of the molecule is O=C1OC2(CCCCC2)OCC1Cl. The van der Waals surface area contributed by atoms with Gasteiger partial charge in [0.2, 0.25) is 5.79 Å². The van der Waals surface area contributed by atoms with Crippen molar-refractivity contribution in [1.82, 2.24) is 0 Å². The molecule has 0 amide bonds. The Hall–Kier alpha value is -0.280. The Bertz CT molecular complexity index is 211. The van der Waals surface area contributed by atoms with E-state index in [9.17, 15) is 4.79 Å². The highest BCUT2D eigenvalue weighted by Crippen LogP contribution is 2.36. The van der Waals surface area contributed by atoms with E-state index in [1.165, 1.54) is 6.42 Å². The van der Waals surface area contributed by atoms with Gasteiger partial charge in [-0.25, -0.2) is 0 Å². The molecule has 3 nitrogen and oxygen atoms in total. The molecule has 74 valence electrons. The van der Waals surface area contributed by atoms with Crippen molar-refractivity contribution in [3.63, 3.8) is 0 Å². The van der Waals surface area contributed by atoms with E-state index in [0.29, 0.717) is 6.61 Å². The molecular formula is C9H13ClO3. The highest BCUT2D eigenvalue weighted by atomic mass is 35.5. The maximum Gasteiger partial charge on any atom is 0.328 e. The number of esters is 1. The molecule has 1 heterocycles. The molecule has 2 aliphatic rings. The molecule has 0 radical (unpaired) electrons. The van der Waals surface area contributed by atoms with Crippen LogP contribution in [0, 0.1) is 0 Å². The quantitative estimate of drug-likeness (QED) is 0.446. The van der Waals surface area contributed by atoms with Crippen LogP contribution in [0.25, 0.3) is 0 Å². The lowest BCUT2D eigenvalue weighted by molar-refractivity contribution is -0.262. The van der Waals surface area contributed by atoms with Crippen molar-refractivity contribution in [3.05, 3.63) is 0 Å². The van der Waals surface area contributed by atoms with Gasteiger partial charge in [-0.1, -0.05) is 6.42 Å². The van der Waals surface area contributed by atoms with Crippen molar-refractivity contribution in [2.75, 3.05) is 6.61 Å². The molecule has 2 fully saturated rings. The molecule has 0 aromatic heterocycles. The van der Waals surface area contributed by atoms with Crippen molar-refractivity contribution in [3.8, 4) is 0 Å². The van der Waals surface area contributed by atoms with Crippen LogP contribution < -0.4 is 0 Å². The smallest absolute Gasteiger partial charge is 0.328 e. The van der Waals surface area contributed by atoms with E-state index in [1.807, 2.05) is 0 Å². The summed E-state index contributed by atoms with van der Waals surface area (Å²) in [5.41, 5.74) is 0. The fourth-order valence-electron chi connectivity index (χ4n) is 1.91. The van der Waals surface area contributed by atoms with Gasteiger partial charge in [0.1, 0.15) is 0 Å². The van der Waals surface area contributed by atoms with Crippen molar-refractivity contribution < 1.29 is 14.3 Å². The fourth-order valence-corrected chi connectivity index (χ4v) is 2.01. The van der Waals surface area contributed by atoms with Crippen LogP contribution in [0.2, 0.25) is 0 Å². The lowest BCUT2D eigenvalue weighted by atomic mass is 9.93. The molecule has 1 atom stereocenters. The van der Waals surface area contributed by atoms with Crippen molar-refractivity contribution in [2.24, 2.45) is 0 Å². The van der Waals surface area contributed by atoms with E-state index in [2.05, 4.69) is 0 Å². The average molecular weight is 205 g/mol. The van der Waals surface area contributed by atoms with Crippen molar-refractivity contribution in [1.29, 1.82) is 0 Å². The first-order valence-electron chi connectivity index (χ1n) is 4.73. The molecule has 0 aromatic rings. The summed E-state index contributed by atoms with van der Waals surface area (Å²) in [5, 5.41) is -0.618. The predicted molar refractivity (Wildman–Crippen MR) is 47.5 cm³/mol. The van der Waals surface area contributed by atoms with Crippen LogP contribution >= 0.6 is 11.6 Å². The van der Waals surface area contributed by atoms with E-state index < -0.39 is 11.2 Å². The molecule has 1 saturated carbocycles. The highest BCUT2D eigenvalue weighted by Gasteiger charge is 2.43. The Morgan fingerprint density at radius 2 is 2.00 bits per heavy atom. The van der Waals surface area contributed by atoms with Crippen LogP contribution in [0.3, 0.4) is 0 Å². The summed E-state index contributed by atoms with van der Waals surface area (Å²) in [5.74, 6) is -0.949. The molecule has 1 aliphatic heterocycles. The minimum absolute atomic E-state index is 0.292. The van der Waals surface area contributed by atoms with Crippen molar-refractivity contribution in [2.45, 2.75) is 43.3 Å². The maximum atomic E-state index is 11.2. The van der Waals surface area contributed by atoms with Gasteiger partial charge in [-0.15, -0.1) is 11.6 Å². The second-order valence-electron chi connectivity index (χ2n) is 3.67. The Morgan fingerprint density at radius 3 is 2.62 bits per heavy atom. The van der Waals surface area contributed by atoms with E-state index >= 15 is 0 Å². The van der Waals surface area contributed by atoms with Gasteiger partial charge >= 0.3 is 5.97 Å². The number of ether oxygens (including phenoxy) is 2. The summed E-state index contributed by atoms with van der Waals surface area (Å²) >= 11 is 5.67. The number of halogens is 1. The summed E-state index contributed by atoms with van der Waals surface area (Å²) in [6, 6.07) is 0. The molecule has 4 heteroatoms. The number of carbonyl (C=O) groups is 1. The third kappa shape index (κ3) is 1.81. The van der Waals surface area contributed by atoms with Crippen LogP contribution in [0.1, 0.15) is 32.1 Å². The fraction of sp³-hybridized carbons (Fsp3) is 0.889. The zero-order chi connectivity index (χ0) is 9.31. The number of hydrogen-bond donors (Lipinski definition) is 0. The summed E-state index contributed by atoms with van der Waals surface area (Å²) in [7, 11) is 0. The lowest BCUT2D eigenvalue weighted by Gasteiger charge is -2.40. The third-order valence-electron chi connectivity index (χ3n) is 2.65. The van der Waals surface area contributed by atoms with E-state index in [-0.39, 0.29) is 5.97 Å². The molecule has 1 unspecified atom stereocenters. The predicted octanol–water partition coefficient (Wildman–Crippen LogP) is 1.83. The third-order valence-corrected chi connectivity index (χ3v) is 2.95. The topological polar surface area (TPSA) is 35.5 Å². The number of alkyl halides is 1. The average Bonchev–Trinajstić information content (AvgIpc) is 2.14. The van der Waals surface area contributed by atoms with E-state index in [0.717, 1.165) is 25.7 Å². The highest BCUT2D eigenvalue weighted by molar-refractivity contribution is 6.30. The molecule has 0 N–H and O–H groups in total. The van der Waals surface area contributed by atoms with Crippen LogP contribution in [-0.4, -0.2) is 23.7 Å². The summed E-state index contributed by atoms with van der Waals surface area (Å²) in [4.78, 5) is 11.2. The lowest BCUT2D eigenvalue weighted by Crippen LogP contribution is -2.48. The zero-order valence-electron chi connectivity index (χ0n) is 7.42. The van der Waals surface area contributed by atoms with Gasteiger partial charge < -0.3 is 9.47 Å². The molecule has 1 spiro atoms. The molecule has 13 heavy (non-hydrogen) atoms. The number of carbonyl (C=O) groups excluding carboxylic acids is 1. The van der Waals surface area contributed by atoms with Crippen molar-refractivity contribution >= 4 is 17.6 Å². The Kier molecular flexibility index (Phi) is 2.47. The minimum Gasteiger partial charge on any atom is -0.432 e. The number of hydrogen-bond acceptors (Lipinski definition) is 3. The minimum atomic E-state index is -0.624. The van der Waals surface area contributed by atoms with E-state index in [1.54, 1.807) is 0 Å². The normalized spacial score (nSPS) is 33.0. The van der Waals surface area contributed by atoms with Crippen LogP contribution in [-0.2, 0) is 14.3 Å². The van der Waals surface area contributed by atoms with Crippen LogP contribution in [0.5, 0.6) is 0 Å². The number of rotatable bonds is 0. The largest absolute Gasteiger partial charge is 0.432 e. The second kappa shape index (κ2) is 3.46. The Morgan fingerprint density at radius 1 is 1.31 bits per heavy atom. The van der Waals surface area contributed by atoms with E-state index in [4.69, 9.17) is 21.1 Å². The van der Waals surface area contributed by atoms with Crippen LogP contribution in [0.15, 0.2) is 0 Å². The molecular weight excluding hydrogens is 192 g/mol. The second-order valence-corrected chi connectivity index (χ2v) is 4.20.